The highest BCUT2D eigenvalue weighted by molar-refractivity contribution is 7.89. The van der Waals surface area contributed by atoms with E-state index in [0.29, 0.717) is 10.6 Å². The summed E-state index contributed by atoms with van der Waals surface area (Å²) in [6, 6.07) is 9.09. The van der Waals surface area contributed by atoms with E-state index < -0.39 is 21.7 Å². The first-order chi connectivity index (χ1) is 14.2. The van der Waals surface area contributed by atoms with Crippen molar-refractivity contribution in [2.24, 2.45) is 0 Å². The zero-order valence-electron chi connectivity index (χ0n) is 16.4. The number of nitrogens with zero attached hydrogens (tertiary/aromatic N) is 3. The SMILES string of the molecule is CN(CC(=O)N1CCN(S(=O)(=O)c2ccc(F)cc2)CC1)Cc1c(F)cccc1Cl. The quantitative estimate of drug-likeness (QED) is 0.669. The van der Waals surface area contributed by atoms with Gasteiger partial charge in [0, 0.05) is 43.3 Å². The van der Waals surface area contributed by atoms with E-state index in [0.717, 1.165) is 12.1 Å². The molecule has 0 spiro atoms. The number of carbonyl (C=O) groups is 1. The Labute approximate surface area is 179 Å². The molecule has 1 fully saturated rings. The first-order valence-electron chi connectivity index (χ1n) is 9.33. The van der Waals surface area contributed by atoms with Crippen molar-refractivity contribution < 1.29 is 22.0 Å². The lowest BCUT2D eigenvalue weighted by molar-refractivity contribution is -0.133. The number of sulfonamides is 1. The Morgan fingerprint density at radius 2 is 1.70 bits per heavy atom. The van der Waals surface area contributed by atoms with Crippen molar-refractivity contribution in [2.45, 2.75) is 11.4 Å². The first kappa shape index (κ1) is 22.6. The summed E-state index contributed by atoms with van der Waals surface area (Å²) in [6.45, 7) is 1.01. The van der Waals surface area contributed by atoms with Gasteiger partial charge in [0.25, 0.3) is 0 Å². The van der Waals surface area contributed by atoms with Crippen LogP contribution in [0.4, 0.5) is 8.78 Å². The van der Waals surface area contributed by atoms with E-state index >= 15 is 0 Å². The fourth-order valence-electron chi connectivity index (χ4n) is 3.27. The Morgan fingerprint density at radius 1 is 1.07 bits per heavy atom. The second kappa shape index (κ2) is 9.38. The van der Waals surface area contributed by atoms with Gasteiger partial charge < -0.3 is 4.90 Å². The Kier molecular flexibility index (Phi) is 7.07. The van der Waals surface area contributed by atoms with E-state index in [1.165, 1.54) is 28.6 Å². The molecule has 30 heavy (non-hydrogen) atoms. The summed E-state index contributed by atoms with van der Waals surface area (Å²) in [4.78, 5) is 15.8. The molecule has 0 saturated carbocycles. The number of benzene rings is 2. The second-order valence-electron chi connectivity index (χ2n) is 7.11. The molecule has 0 bridgehead atoms. The standard InChI is InChI=1S/C20H22ClF2N3O3S/c1-24(13-17-18(21)3-2-4-19(17)23)14-20(27)25-9-11-26(12-10-25)30(28,29)16-7-5-15(22)6-8-16/h2-8H,9-14H2,1H3. The van der Waals surface area contributed by atoms with E-state index in [4.69, 9.17) is 11.6 Å². The van der Waals surface area contributed by atoms with Crippen LogP contribution in [0.15, 0.2) is 47.4 Å². The van der Waals surface area contributed by atoms with Crippen molar-refractivity contribution in [1.29, 1.82) is 0 Å². The molecule has 2 aromatic rings. The zero-order chi connectivity index (χ0) is 21.9. The number of amides is 1. The van der Waals surface area contributed by atoms with Crippen LogP contribution in [0.2, 0.25) is 5.02 Å². The van der Waals surface area contributed by atoms with Crippen LogP contribution in [0.25, 0.3) is 0 Å². The Bertz CT molecular complexity index is 990. The van der Waals surface area contributed by atoms with Crippen LogP contribution in [0, 0.1) is 11.6 Å². The third-order valence-electron chi connectivity index (χ3n) is 4.94. The molecule has 6 nitrogen and oxygen atoms in total. The van der Waals surface area contributed by atoms with Crippen LogP contribution >= 0.6 is 11.6 Å². The van der Waals surface area contributed by atoms with Crippen molar-refractivity contribution in [2.75, 3.05) is 39.8 Å². The first-order valence-corrected chi connectivity index (χ1v) is 11.1. The second-order valence-corrected chi connectivity index (χ2v) is 9.46. The van der Waals surface area contributed by atoms with E-state index in [1.54, 1.807) is 22.9 Å². The molecule has 3 rings (SSSR count). The van der Waals surface area contributed by atoms with Crippen molar-refractivity contribution >= 4 is 27.5 Å². The van der Waals surface area contributed by atoms with Crippen LogP contribution in [0.1, 0.15) is 5.56 Å². The van der Waals surface area contributed by atoms with Crippen molar-refractivity contribution in [3.8, 4) is 0 Å². The summed E-state index contributed by atoms with van der Waals surface area (Å²) in [7, 11) is -2.05. The normalized spacial score (nSPS) is 15.6. The summed E-state index contributed by atoms with van der Waals surface area (Å²) in [5, 5.41) is 0.300. The monoisotopic (exact) mass is 457 g/mol. The zero-order valence-corrected chi connectivity index (χ0v) is 18.0. The molecule has 0 atom stereocenters. The maximum Gasteiger partial charge on any atom is 0.243 e. The molecule has 1 heterocycles. The van der Waals surface area contributed by atoms with Gasteiger partial charge in [-0.05, 0) is 43.4 Å². The fraction of sp³-hybridized carbons (Fsp3) is 0.350. The maximum absolute atomic E-state index is 13.9. The molecule has 1 aliphatic rings. The van der Waals surface area contributed by atoms with Gasteiger partial charge in [0.05, 0.1) is 11.4 Å². The molecule has 0 unspecified atom stereocenters. The number of likely N-dealkylation sites (N-methyl/N-ethyl adjacent to an activating group) is 1. The molecule has 10 heteroatoms. The van der Waals surface area contributed by atoms with Crippen LogP contribution < -0.4 is 0 Å². The minimum atomic E-state index is -3.74. The van der Waals surface area contributed by atoms with Gasteiger partial charge in [-0.3, -0.25) is 9.69 Å². The number of hydrogen-bond acceptors (Lipinski definition) is 4. The van der Waals surface area contributed by atoms with Crippen LogP contribution in [0.3, 0.4) is 0 Å². The van der Waals surface area contributed by atoms with Crippen molar-refractivity contribution in [1.82, 2.24) is 14.1 Å². The van der Waals surface area contributed by atoms with Gasteiger partial charge in [-0.1, -0.05) is 17.7 Å². The number of halogens is 3. The largest absolute Gasteiger partial charge is 0.339 e. The summed E-state index contributed by atoms with van der Waals surface area (Å²) in [5.41, 5.74) is 0.324. The molecular formula is C20H22ClF2N3O3S. The molecule has 1 saturated heterocycles. The molecule has 162 valence electrons. The average Bonchev–Trinajstić information content (AvgIpc) is 2.71. The van der Waals surface area contributed by atoms with Crippen LogP contribution in [-0.2, 0) is 21.4 Å². The number of rotatable bonds is 6. The Morgan fingerprint density at radius 3 is 2.30 bits per heavy atom. The van der Waals surface area contributed by atoms with Gasteiger partial charge in [0.1, 0.15) is 11.6 Å². The van der Waals surface area contributed by atoms with Gasteiger partial charge in [-0.25, -0.2) is 17.2 Å². The molecule has 1 amide bonds. The van der Waals surface area contributed by atoms with E-state index in [9.17, 15) is 22.0 Å². The van der Waals surface area contributed by atoms with E-state index in [1.807, 2.05) is 0 Å². The third-order valence-corrected chi connectivity index (χ3v) is 7.20. The summed E-state index contributed by atoms with van der Waals surface area (Å²) in [5.74, 6) is -1.12. The van der Waals surface area contributed by atoms with E-state index in [2.05, 4.69) is 0 Å². The van der Waals surface area contributed by atoms with E-state index in [-0.39, 0.29) is 50.1 Å². The number of carbonyl (C=O) groups excluding carboxylic acids is 1. The van der Waals surface area contributed by atoms with Gasteiger partial charge in [-0.15, -0.1) is 0 Å². The minimum Gasteiger partial charge on any atom is -0.339 e. The molecule has 0 N–H and O–H groups in total. The van der Waals surface area contributed by atoms with Crippen LogP contribution in [0.5, 0.6) is 0 Å². The summed E-state index contributed by atoms with van der Waals surface area (Å²) >= 11 is 6.03. The Balaban J connectivity index is 1.55. The number of piperazine rings is 1. The molecule has 2 aromatic carbocycles. The maximum atomic E-state index is 13.9. The Hall–Kier alpha value is -2.07. The molecular weight excluding hydrogens is 436 g/mol. The highest BCUT2D eigenvalue weighted by atomic mass is 35.5. The van der Waals surface area contributed by atoms with Gasteiger partial charge in [-0.2, -0.15) is 4.31 Å². The van der Waals surface area contributed by atoms with Gasteiger partial charge in [0.2, 0.25) is 15.9 Å². The van der Waals surface area contributed by atoms with Crippen molar-refractivity contribution in [3.05, 3.63) is 64.7 Å². The third kappa shape index (κ3) is 5.15. The molecule has 0 aromatic heterocycles. The average molecular weight is 458 g/mol. The summed E-state index contributed by atoms with van der Waals surface area (Å²) < 4.78 is 53.6. The lowest BCUT2D eigenvalue weighted by Crippen LogP contribution is -2.52. The van der Waals surface area contributed by atoms with Crippen molar-refractivity contribution in [3.63, 3.8) is 0 Å². The minimum absolute atomic E-state index is 0.0187. The number of hydrogen-bond donors (Lipinski definition) is 0. The summed E-state index contributed by atoms with van der Waals surface area (Å²) in [6.07, 6.45) is 0. The molecule has 1 aliphatic heterocycles. The molecule has 0 radical (unpaired) electrons. The lowest BCUT2D eigenvalue weighted by Gasteiger charge is -2.34. The topological polar surface area (TPSA) is 60.9 Å². The smallest absolute Gasteiger partial charge is 0.243 e. The predicted molar refractivity (Wildman–Crippen MR) is 109 cm³/mol. The highest BCUT2D eigenvalue weighted by Crippen LogP contribution is 2.21. The predicted octanol–water partition coefficient (Wildman–Crippen LogP) is 2.58. The van der Waals surface area contributed by atoms with Gasteiger partial charge >= 0.3 is 0 Å². The van der Waals surface area contributed by atoms with Gasteiger partial charge in [0.15, 0.2) is 0 Å². The molecule has 0 aliphatic carbocycles. The lowest BCUT2D eigenvalue weighted by atomic mass is 10.2. The fourth-order valence-corrected chi connectivity index (χ4v) is 4.92. The highest BCUT2D eigenvalue weighted by Gasteiger charge is 2.30. The van der Waals surface area contributed by atoms with Crippen LogP contribution in [-0.4, -0.2) is 68.2 Å².